The monoisotopic (exact) mass is 316 g/mol. The van der Waals surface area contributed by atoms with Crippen LogP contribution in [0.1, 0.15) is 17.9 Å². The van der Waals surface area contributed by atoms with Gasteiger partial charge >= 0.3 is 0 Å². The van der Waals surface area contributed by atoms with E-state index in [1.165, 1.54) is 0 Å². The zero-order valence-corrected chi connectivity index (χ0v) is 13.3. The summed E-state index contributed by atoms with van der Waals surface area (Å²) in [7, 11) is 0. The third-order valence-corrected chi connectivity index (χ3v) is 5.93. The van der Waals surface area contributed by atoms with Crippen molar-refractivity contribution in [3.05, 3.63) is 54.2 Å². The topological polar surface area (TPSA) is 38.5 Å². The molecule has 2 aliphatic rings. The second-order valence-electron chi connectivity index (χ2n) is 6.18. The summed E-state index contributed by atoms with van der Waals surface area (Å²) in [6.07, 6.45) is 5.08. The first-order chi connectivity index (χ1) is 10.8. The van der Waals surface area contributed by atoms with E-state index in [0.29, 0.717) is 17.5 Å². The summed E-state index contributed by atoms with van der Waals surface area (Å²) in [6, 6.07) is 9.97. The molecule has 2 aliphatic heterocycles. The lowest BCUT2D eigenvalue weighted by atomic mass is 9.93. The van der Waals surface area contributed by atoms with Gasteiger partial charge in [-0.2, -0.15) is 0 Å². The quantitative estimate of drug-likeness (QED) is 0.848. The van der Waals surface area contributed by atoms with Crippen LogP contribution in [0.3, 0.4) is 0 Å². The molecule has 4 heterocycles. The minimum absolute atomic E-state index is 0.359. The van der Waals surface area contributed by atoms with Crippen molar-refractivity contribution in [2.45, 2.75) is 30.4 Å². The van der Waals surface area contributed by atoms with Crippen LogP contribution in [0.2, 0.25) is 0 Å². The molecule has 0 aromatic carbocycles. The molecular weight excluding hydrogens is 296 g/mol. The van der Waals surface area contributed by atoms with Gasteiger partial charge in [0.1, 0.15) is 5.76 Å². The van der Waals surface area contributed by atoms with Gasteiger partial charge in [-0.25, -0.2) is 0 Å². The lowest BCUT2D eigenvalue weighted by Gasteiger charge is -2.47. The highest BCUT2D eigenvalue weighted by molar-refractivity contribution is 8.01. The maximum Gasteiger partial charge on any atom is 0.117 e. The van der Waals surface area contributed by atoms with Gasteiger partial charge < -0.3 is 9.15 Å². The van der Waals surface area contributed by atoms with Crippen LogP contribution < -0.4 is 0 Å². The highest BCUT2D eigenvalue weighted by atomic mass is 32.2. The minimum Gasteiger partial charge on any atom is -0.468 e. The van der Waals surface area contributed by atoms with Crippen molar-refractivity contribution < 1.29 is 9.15 Å². The Balaban J connectivity index is 1.23. The predicted octanol–water partition coefficient (Wildman–Crippen LogP) is 2.95. The number of pyridine rings is 1. The zero-order valence-electron chi connectivity index (χ0n) is 12.5. The van der Waals surface area contributed by atoms with Gasteiger partial charge in [0.05, 0.1) is 31.2 Å². The first-order valence-corrected chi connectivity index (χ1v) is 8.70. The average Bonchev–Trinajstić information content (AvgIpc) is 3.16. The molecule has 2 aromatic heterocycles. The van der Waals surface area contributed by atoms with Crippen LogP contribution in [0, 0.1) is 0 Å². The molecule has 4 rings (SSSR count). The summed E-state index contributed by atoms with van der Waals surface area (Å²) < 4.78 is 11.9. The summed E-state index contributed by atoms with van der Waals surface area (Å²) in [5.41, 5.74) is 1.02. The highest BCUT2D eigenvalue weighted by Gasteiger charge is 2.49. The lowest BCUT2D eigenvalue weighted by molar-refractivity contribution is 0.0237. The molecule has 0 amide bonds. The summed E-state index contributed by atoms with van der Waals surface area (Å²) in [5.74, 6) is 2.15. The van der Waals surface area contributed by atoms with Crippen LogP contribution in [0.15, 0.2) is 47.2 Å². The Hall–Kier alpha value is -1.30. The fraction of sp³-hybridized carbons (Fsp3) is 0.471. The van der Waals surface area contributed by atoms with Crippen molar-refractivity contribution in [3.8, 4) is 0 Å². The average molecular weight is 316 g/mol. The predicted molar refractivity (Wildman–Crippen MR) is 86.6 cm³/mol. The first-order valence-electron chi connectivity index (χ1n) is 7.72. The molecule has 0 radical (unpaired) electrons. The number of thioether (sulfide) groups is 1. The molecule has 0 N–H and O–H groups in total. The van der Waals surface area contributed by atoms with Crippen molar-refractivity contribution in [1.82, 2.24) is 9.88 Å². The number of furan rings is 1. The van der Waals surface area contributed by atoms with Crippen LogP contribution in [-0.2, 0) is 17.9 Å². The molecule has 0 aliphatic carbocycles. The van der Waals surface area contributed by atoms with Gasteiger partial charge in [-0.1, -0.05) is 6.07 Å². The minimum atomic E-state index is 0.359. The van der Waals surface area contributed by atoms with Crippen molar-refractivity contribution >= 4 is 11.8 Å². The van der Waals surface area contributed by atoms with Crippen LogP contribution in [0.25, 0.3) is 0 Å². The molecule has 1 spiro atoms. The molecule has 2 saturated heterocycles. The summed E-state index contributed by atoms with van der Waals surface area (Å²) in [6.45, 7) is 3.83. The van der Waals surface area contributed by atoms with E-state index in [1.54, 1.807) is 6.26 Å². The van der Waals surface area contributed by atoms with E-state index in [0.717, 1.165) is 43.3 Å². The van der Waals surface area contributed by atoms with Gasteiger partial charge in [0, 0.05) is 29.8 Å². The van der Waals surface area contributed by atoms with Gasteiger partial charge in [-0.15, -0.1) is 11.8 Å². The van der Waals surface area contributed by atoms with Crippen LogP contribution in [0.5, 0.6) is 0 Å². The Kier molecular flexibility index (Phi) is 3.94. The number of nitrogens with zero attached hydrogens (tertiary/aromatic N) is 2. The number of ether oxygens (including phenoxy) is 1. The molecular formula is C17H20N2O2S. The Morgan fingerprint density at radius 2 is 2.27 bits per heavy atom. The molecule has 1 atom stereocenters. The maximum absolute atomic E-state index is 6.04. The third kappa shape index (κ3) is 3.07. The number of rotatable bonds is 5. The maximum atomic E-state index is 6.04. The van der Waals surface area contributed by atoms with E-state index in [1.807, 2.05) is 36.5 Å². The smallest absolute Gasteiger partial charge is 0.117 e. The van der Waals surface area contributed by atoms with Gasteiger partial charge in [0.25, 0.3) is 0 Å². The second kappa shape index (κ2) is 6.07. The van der Waals surface area contributed by atoms with Gasteiger partial charge in [0.15, 0.2) is 0 Å². The molecule has 116 valence electrons. The van der Waals surface area contributed by atoms with Crippen LogP contribution >= 0.6 is 11.8 Å². The number of aromatic nitrogens is 1. The van der Waals surface area contributed by atoms with E-state index >= 15 is 0 Å². The molecule has 1 unspecified atom stereocenters. The highest BCUT2D eigenvalue weighted by Crippen LogP contribution is 2.46. The SMILES string of the molecule is c1ccc(COC2CSC3(C2)CN(Cc2ccco2)C3)nc1. The van der Waals surface area contributed by atoms with Crippen molar-refractivity contribution in [2.24, 2.45) is 0 Å². The van der Waals surface area contributed by atoms with Gasteiger partial charge in [-0.3, -0.25) is 9.88 Å². The van der Waals surface area contributed by atoms with Crippen molar-refractivity contribution in [3.63, 3.8) is 0 Å². The molecule has 2 aromatic rings. The summed E-state index contributed by atoms with van der Waals surface area (Å²) in [5, 5.41) is 0. The van der Waals surface area contributed by atoms with E-state index in [2.05, 4.69) is 21.6 Å². The summed E-state index contributed by atoms with van der Waals surface area (Å²) in [4.78, 5) is 6.76. The largest absolute Gasteiger partial charge is 0.468 e. The normalized spacial score (nSPS) is 23.7. The van der Waals surface area contributed by atoms with Gasteiger partial charge in [0.2, 0.25) is 0 Å². The molecule has 22 heavy (non-hydrogen) atoms. The summed E-state index contributed by atoms with van der Waals surface area (Å²) >= 11 is 2.07. The van der Waals surface area contributed by atoms with Crippen LogP contribution in [-0.4, -0.2) is 39.6 Å². The Morgan fingerprint density at radius 3 is 3.05 bits per heavy atom. The zero-order chi connectivity index (χ0) is 14.8. The van der Waals surface area contributed by atoms with E-state index < -0.39 is 0 Å². The van der Waals surface area contributed by atoms with E-state index in [9.17, 15) is 0 Å². The molecule has 0 saturated carbocycles. The number of hydrogen-bond donors (Lipinski definition) is 0. The van der Waals surface area contributed by atoms with Crippen molar-refractivity contribution in [1.29, 1.82) is 0 Å². The molecule has 5 heteroatoms. The molecule has 2 fully saturated rings. The van der Waals surface area contributed by atoms with E-state index in [4.69, 9.17) is 9.15 Å². The van der Waals surface area contributed by atoms with E-state index in [-0.39, 0.29) is 0 Å². The van der Waals surface area contributed by atoms with Crippen LogP contribution in [0.4, 0.5) is 0 Å². The first kappa shape index (κ1) is 14.3. The number of hydrogen-bond acceptors (Lipinski definition) is 5. The number of likely N-dealkylation sites (tertiary alicyclic amines) is 1. The third-order valence-electron chi connectivity index (χ3n) is 4.35. The fourth-order valence-corrected chi connectivity index (χ4v) is 4.93. The Bertz CT molecular complexity index is 596. The Labute approximate surface area is 134 Å². The Morgan fingerprint density at radius 1 is 1.32 bits per heavy atom. The second-order valence-corrected chi connectivity index (χ2v) is 7.66. The fourth-order valence-electron chi connectivity index (χ4n) is 3.32. The van der Waals surface area contributed by atoms with Gasteiger partial charge in [-0.05, 0) is 30.7 Å². The van der Waals surface area contributed by atoms with Crippen molar-refractivity contribution in [2.75, 3.05) is 18.8 Å². The molecule has 0 bridgehead atoms. The standard InChI is InChI=1S/C17H20N2O2S/c1-2-6-18-14(4-1)10-21-16-8-17(22-11-16)12-19(13-17)9-15-5-3-7-20-15/h1-7,16H,8-13H2. The lowest BCUT2D eigenvalue weighted by Crippen LogP contribution is -2.58. The molecule has 4 nitrogen and oxygen atoms in total.